The number of imide groups is 1. The molecule has 2 N–H and O–H groups in total. The highest BCUT2D eigenvalue weighted by molar-refractivity contribution is 6.99. The summed E-state index contributed by atoms with van der Waals surface area (Å²) in [6.07, 6.45) is 6.98. The molecule has 298 valence electrons. The molecule has 2 saturated heterocycles. The zero-order chi connectivity index (χ0) is 40.0. The number of carboxylic acids is 1. The number of unbranched alkanes of at least 4 members (excludes halogenated alkanes) is 2. The van der Waals surface area contributed by atoms with Gasteiger partial charge in [-0.25, -0.2) is 4.39 Å². The largest absolute Gasteiger partial charge is 0.505 e. The molecule has 0 radical (unpaired) electrons. The average Bonchev–Trinajstić information content (AvgIpc) is 3.70. The molecule has 3 aliphatic rings. The second kappa shape index (κ2) is 17.8. The van der Waals surface area contributed by atoms with Crippen molar-refractivity contribution in [1.29, 1.82) is 0 Å². The fourth-order valence-electron chi connectivity index (χ4n) is 9.33. The SMILES string of the molecule is CCC/C(=C\c1ccc(O)c(F)c1)CC[C@H]1OC[C@H]2C1=C(CO[Si](c1ccccc1)(c1ccccc1)C(C)(C)C)C[C@H]1C(=O)N(CCCCCC(=O)O)C(=O)[C@H]12. The molecule has 3 aromatic carbocycles. The van der Waals surface area contributed by atoms with E-state index in [2.05, 4.69) is 76.2 Å². The van der Waals surface area contributed by atoms with Gasteiger partial charge in [0, 0.05) is 18.9 Å². The second-order valence-corrected chi connectivity index (χ2v) is 20.9. The molecule has 3 aromatic rings. The summed E-state index contributed by atoms with van der Waals surface area (Å²) in [6, 6.07) is 25.4. The molecule has 1 aliphatic carbocycles. The number of allylic oxidation sites excluding steroid dienone is 1. The Labute approximate surface area is 331 Å². The first-order valence-electron chi connectivity index (χ1n) is 20.2. The monoisotopic (exact) mass is 781 g/mol. The van der Waals surface area contributed by atoms with Gasteiger partial charge in [0.25, 0.3) is 8.32 Å². The molecule has 10 heteroatoms. The fraction of sp³-hybridized carbons (Fsp3) is 0.457. The highest BCUT2D eigenvalue weighted by Crippen LogP contribution is 2.50. The zero-order valence-corrected chi connectivity index (χ0v) is 34.1. The van der Waals surface area contributed by atoms with Gasteiger partial charge in [-0.3, -0.25) is 19.3 Å². The van der Waals surface area contributed by atoms with Crippen molar-refractivity contribution in [2.75, 3.05) is 19.8 Å². The lowest BCUT2D eigenvalue weighted by Crippen LogP contribution is -2.66. The highest BCUT2D eigenvalue weighted by atomic mass is 28.4. The minimum absolute atomic E-state index is 0.0664. The number of hydrogen-bond donors (Lipinski definition) is 2. The number of halogens is 1. The van der Waals surface area contributed by atoms with Gasteiger partial charge in [0.05, 0.1) is 31.2 Å². The van der Waals surface area contributed by atoms with E-state index in [0.29, 0.717) is 57.3 Å². The number of phenols is 1. The van der Waals surface area contributed by atoms with Gasteiger partial charge in [-0.1, -0.05) is 119 Å². The van der Waals surface area contributed by atoms with Crippen molar-refractivity contribution in [3.05, 3.63) is 107 Å². The number of aromatic hydroxyl groups is 1. The molecule has 4 atom stereocenters. The summed E-state index contributed by atoms with van der Waals surface area (Å²) < 4.78 is 28.3. The van der Waals surface area contributed by atoms with E-state index in [1.807, 2.05) is 18.2 Å². The van der Waals surface area contributed by atoms with Crippen molar-refractivity contribution in [3.8, 4) is 5.75 Å². The molecule has 8 nitrogen and oxygen atoms in total. The van der Waals surface area contributed by atoms with Gasteiger partial charge in [-0.05, 0) is 82.8 Å². The summed E-state index contributed by atoms with van der Waals surface area (Å²) >= 11 is 0. The van der Waals surface area contributed by atoms with E-state index in [1.165, 1.54) is 17.0 Å². The summed E-state index contributed by atoms with van der Waals surface area (Å²) in [7, 11) is -2.95. The Morgan fingerprint density at radius 2 is 1.61 bits per heavy atom. The lowest BCUT2D eigenvalue weighted by atomic mass is 9.69. The van der Waals surface area contributed by atoms with Crippen LogP contribution in [0, 0.1) is 23.6 Å². The average molecular weight is 782 g/mol. The van der Waals surface area contributed by atoms with E-state index in [4.69, 9.17) is 14.3 Å². The molecule has 6 rings (SSSR count). The summed E-state index contributed by atoms with van der Waals surface area (Å²) in [5.41, 5.74) is 3.95. The van der Waals surface area contributed by atoms with Crippen LogP contribution >= 0.6 is 0 Å². The number of benzene rings is 3. The standard InChI is InChI=1S/C46H56FNO7Si/c1-5-15-31(26-32-21-23-39(49)38(47)27-32)22-24-40-42-33(29-55-56(46(2,3)4,34-16-9-6-10-17-34)35-18-11-7-12-19-35)28-36-43(37(42)30-54-40)45(53)48(44(36)52)25-14-8-13-20-41(50)51/h6-7,9-12,16-19,21,23,26-27,36-37,40,43,49H,5,8,13-15,20,22,24-25,28-30H2,1-4H3,(H,50,51)/b31-26+/t36-,37+,40-,43-/m1/s1. The number of aliphatic carboxylic acids is 1. The molecule has 2 heterocycles. The van der Waals surface area contributed by atoms with Crippen LogP contribution in [0.2, 0.25) is 5.04 Å². The predicted molar refractivity (Wildman–Crippen MR) is 218 cm³/mol. The van der Waals surface area contributed by atoms with E-state index in [1.54, 1.807) is 6.07 Å². The Hall–Kier alpha value is -4.38. The summed E-state index contributed by atoms with van der Waals surface area (Å²) in [5, 5.41) is 20.9. The van der Waals surface area contributed by atoms with Gasteiger partial charge in [-0.15, -0.1) is 0 Å². The maximum absolute atomic E-state index is 14.3. The number of carboxylic acid groups (broad SMARTS) is 1. The van der Waals surface area contributed by atoms with E-state index in [9.17, 15) is 23.9 Å². The molecular weight excluding hydrogens is 726 g/mol. The Kier molecular flexibility index (Phi) is 13.1. The van der Waals surface area contributed by atoms with Crippen molar-refractivity contribution in [2.24, 2.45) is 17.8 Å². The minimum atomic E-state index is -2.95. The number of likely N-dealkylation sites (tertiary alicyclic amines) is 1. The van der Waals surface area contributed by atoms with Crippen LogP contribution in [-0.2, 0) is 23.5 Å². The number of carbonyl (C=O) groups excluding carboxylic acids is 2. The Bertz CT molecular complexity index is 1900. The minimum Gasteiger partial charge on any atom is -0.505 e. The van der Waals surface area contributed by atoms with E-state index in [-0.39, 0.29) is 47.6 Å². The van der Waals surface area contributed by atoms with Gasteiger partial charge in [0.1, 0.15) is 0 Å². The van der Waals surface area contributed by atoms with Gasteiger partial charge in [0.2, 0.25) is 11.8 Å². The highest BCUT2D eigenvalue weighted by Gasteiger charge is 2.57. The van der Waals surface area contributed by atoms with Crippen LogP contribution < -0.4 is 10.4 Å². The maximum atomic E-state index is 14.3. The third-order valence-electron chi connectivity index (χ3n) is 11.9. The Balaban J connectivity index is 1.34. The summed E-state index contributed by atoms with van der Waals surface area (Å²) in [4.78, 5) is 40.7. The third-order valence-corrected chi connectivity index (χ3v) is 16.9. The van der Waals surface area contributed by atoms with Gasteiger partial charge in [0.15, 0.2) is 11.6 Å². The van der Waals surface area contributed by atoms with Gasteiger partial charge in [-0.2, -0.15) is 0 Å². The number of carbonyl (C=O) groups is 3. The molecular formula is C46H56FNO7Si. The number of rotatable bonds is 17. The fourth-order valence-corrected chi connectivity index (χ4v) is 13.9. The van der Waals surface area contributed by atoms with E-state index >= 15 is 0 Å². The molecule has 0 saturated carbocycles. The molecule has 0 unspecified atom stereocenters. The quantitative estimate of drug-likeness (QED) is 0.0617. The van der Waals surface area contributed by atoms with Crippen LogP contribution in [0.15, 0.2) is 95.6 Å². The van der Waals surface area contributed by atoms with Crippen molar-refractivity contribution in [1.82, 2.24) is 4.90 Å². The van der Waals surface area contributed by atoms with Crippen molar-refractivity contribution < 1.29 is 38.1 Å². The number of phenolic OH excluding ortho intramolecular Hbond substituents is 1. The molecule has 0 spiro atoms. The van der Waals surface area contributed by atoms with Gasteiger partial charge >= 0.3 is 5.97 Å². The van der Waals surface area contributed by atoms with Crippen molar-refractivity contribution in [2.45, 2.75) is 96.6 Å². The van der Waals surface area contributed by atoms with Crippen LogP contribution in [0.5, 0.6) is 5.75 Å². The molecule has 56 heavy (non-hydrogen) atoms. The van der Waals surface area contributed by atoms with E-state index < -0.39 is 31.9 Å². The predicted octanol–water partition coefficient (Wildman–Crippen LogP) is 8.03. The number of ether oxygens (including phenoxy) is 1. The molecule has 0 bridgehead atoms. The van der Waals surface area contributed by atoms with Crippen LogP contribution in [0.4, 0.5) is 4.39 Å². The number of amides is 2. The van der Waals surface area contributed by atoms with Gasteiger partial charge < -0.3 is 19.4 Å². The van der Waals surface area contributed by atoms with E-state index in [0.717, 1.165) is 39.9 Å². The first kappa shape index (κ1) is 41.3. The smallest absolute Gasteiger partial charge is 0.303 e. The number of fused-ring (bicyclic) bond motifs is 3. The molecule has 2 aliphatic heterocycles. The first-order valence-corrected chi connectivity index (χ1v) is 22.1. The normalized spacial score (nSPS) is 21.4. The van der Waals surface area contributed by atoms with Crippen LogP contribution in [-0.4, -0.2) is 67.1 Å². The summed E-state index contributed by atoms with van der Waals surface area (Å²) in [5.74, 6) is -3.46. The zero-order valence-electron chi connectivity index (χ0n) is 33.1. The number of hydrogen-bond acceptors (Lipinski definition) is 6. The summed E-state index contributed by atoms with van der Waals surface area (Å²) in [6.45, 7) is 9.77. The maximum Gasteiger partial charge on any atom is 0.303 e. The van der Waals surface area contributed by atoms with Crippen LogP contribution in [0.3, 0.4) is 0 Å². The molecule has 0 aromatic heterocycles. The van der Waals surface area contributed by atoms with Crippen LogP contribution in [0.25, 0.3) is 6.08 Å². The number of nitrogens with zero attached hydrogens (tertiary/aromatic N) is 1. The topological polar surface area (TPSA) is 113 Å². The lowest BCUT2D eigenvalue weighted by Gasteiger charge is -2.44. The second-order valence-electron chi connectivity index (χ2n) is 16.6. The Morgan fingerprint density at radius 1 is 0.929 bits per heavy atom. The molecule has 2 amide bonds. The molecule has 2 fully saturated rings. The van der Waals surface area contributed by atoms with Crippen molar-refractivity contribution >= 4 is 42.6 Å². The van der Waals surface area contributed by atoms with Crippen molar-refractivity contribution in [3.63, 3.8) is 0 Å². The first-order chi connectivity index (χ1) is 26.9. The Morgan fingerprint density at radius 3 is 2.21 bits per heavy atom. The lowest BCUT2D eigenvalue weighted by molar-refractivity contribution is -0.141. The third kappa shape index (κ3) is 8.62. The van der Waals surface area contributed by atoms with Crippen LogP contribution in [0.1, 0.15) is 91.0 Å².